The predicted molar refractivity (Wildman–Crippen MR) is 113 cm³/mol. The first-order valence-corrected chi connectivity index (χ1v) is 10.3. The predicted octanol–water partition coefficient (Wildman–Crippen LogP) is 2.73. The number of hydrogen-bond donors (Lipinski definition) is 0. The van der Waals surface area contributed by atoms with Crippen LogP contribution in [0, 0.1) is 0 Å². The molecule has 0 amide bonds. The summed E-state index contributed by atoms with van der Waals surface area (Å²) < 4.78 is 25.6. The van der Waals surface area contributed by atoms with Gasteiger partial charge in [0.05, 0.1) is 5.60 Å². The van der Waals surface area contributed by atoms with Crippen molar-refractivity contribution < 1.29 is 42.9 Å². The van der Waals surface area contributed by atoms with Crippen LogP contribution in [0.2, 0.25) is 0 Å². The Balaban J connectivity index is 2.46. The number of hydrogen-bond acceptors (Lipinski definition) is 9. The van der Waals surface area contributed by atoms with Crippen molar-refractivity contribution in [1.82, 2.24) is 0 Å². The standard InChI is InChI=1S/C23H32O9/c1-14(19(24)28-13-18-11-9-8-10-12-18)29-20(25)15(2)30-21(26)16(3)31-22(27)17(4)32-23(5,6)7/h8-12,14-17H,13H2,1-7H3/t14-,15-,16-,17-/m0/s1. The number of ether oxygens (including phenoxy) is 5. The molecule has 1 aromatic carbocycles. The van der Waals surface area contributed by atoms with E-state index in [2.05, 4.69) is 0 Å². The number of rotatable bonds is 10. The van der Waals surface area contributed by atoms with Crippen LogP contribution in [0.1, 0.15) is 54.0 Å². The second kappa shape index (κ2) is 12.2. The van der Waals surface area contributed by atoms with Gasteiger partial charge in [0.1, 0.15) is 6.61 Å². The molecule has 0 spiro atoms. The Kier molecular flexibility index (Phi) is 10.3. The number of benzene rings is 1. The smallest absolute Gasteiger partial charge is 0.347 e. The maximum atomic E-state index is 12.1. The molecule has 0 aliphatic heterocycles. The highest BCUT2D eigenvalue weighted by atomic mass is 16.6. The molecule has 9 nitrogen and oxygen atoms in total. The highest BCUT2D eigenvalue weighted by Gasteiger charge is 2.30. The quantitative estimate of drug-likeness (QED) is 0.390. The normalized spacial score (nSPS) is 15.0. The Morgan fingerprint density at radius 3 is 1.53 bits per heavy atom. The van der Waals surface area contributed by atoms with Crippen molar-refractivity contribution in [3.05, 3.63) is 35.9 Å². The molecular formula is C23H32O9. The lowest BCUT2D eigenvalue weighted by Crippen LogP contribution is -2.38. The van der Waals surface area contributed by atoms with E-state index in [1.807, 2.05) is 6.07 Å². The van der Waals surface area contributed by atoms with Crippen molar-refractivity contribution in [1.29, 1.82) is 0 Å². The van der Waals surface area contributed by atoms with E-state index < -0.39 is 53.9 Å². The van der Waals surface area contributed by atoms with Crippen LogP contribution in [-0.4, -0.2) is 53.9 Å². The molecule has 0 radical (unpaired) electrons. The van der Waals surface area contributed by atoms with E-state index >= 15 is 0 Å². The maximum absolute atomic E-state index is 12.1. The number of esters is 4. The van der Waals surface area contributed by atoms with E-state index in [4.69, 9.17) is 23.7 Å². The summed E-state index contributed by atoms with van der Waals surface area (Å²) in [4.78, 5) is 48.3. The zero-order valence-electron chi connectivity index (χ0n) is 19.6. The van der Waals surface area contributed by atoms with Crippen LogP contribution in [0.5, 0.6) is 0 Å². The molecule has 0 unspecified atom stereocenters. The summed E-state index contributed by atoms with van der Waals surface area (Å²) in [5, 5.41) is 0. The largest absolute Gasteiger partial charge is 0.458 e. The van der Waals surface area contributed by atoms with Gasteiger partial charge in [0, 0.05) is 0 Å². The molecule has 4 atom stereocenters. The van der Waals surface area contributed by atoms with E-state index in [1.54, 1.807) is 45.0 Å². The topological polar surface area (TPSA) is 114 Å². The van der Waals surface area contributed by atoms with Gasteiger partial charge in [0.25, 0.3) is 0 Å². The van der Waals surface area contributed by atoms with Gasteiger partial charge in [0.2, 0.25) is 0 Å². The summed E-state index contributed by atoms with van der Waals surface area (Å²) in [5.41, 5.74) is 0.215. The lowest BCUT2D eigenvalue weighted by Gasteiger charge is -2.25. The van der Waals surface area contributed by atoms with E-state index in [1.165, 1.54) is 27.7 Å². The molecule has 0 bridgehead atoms. The van der Waals surface area contributed by atoms with E-state index in [0.717, 1.165) is 5.56 Å². The SMILES string of the molecule is C[C@H](OC(=O)[C@H](C)OC(=O)[C@H](C)OC(=O)[C@H](C)OC(C)(C)C)C(=O)OCc1ccccc1. The Morgan fingerprint density at radius 2 is 1.09 bits per heavy atom. The Hall–Kier alpha value is -2.94. The number of carbonyl (C=O) groups excluding carboxylic acids is 4. The van der Waals surface area contributed by atoms with Crippen LogP contribution < -0.4 is 0 Å². The molecule has 0 N–H and O–H groups in total. The van der Waals surface area contributed by atoms with Crippen molar-refractivity contribution in [2.75, 3.05) is 0 Å². The van der Waals surface area contributed by atoms with E-state index in [0.29, 0.717) is 0 Å². The zero-order valence-corrected chi connectivity index (χ0v) is 19.6. The minimum Gasteiger partial charge on any atom is -0.458 e. The molecule has 0 saturated carbocycles. The van der Waals surface area contributed by atoms with Crippen LogP contribution in [0.4, 0.5) is 0 Å². The van der Waals surface area contributed by atoms with E-state index in [-0.39, 0.29) is 6.61 Å². The van der Waals surface area contributed by atoms with Gasteiger partial charge in [-0.3, -0.25) is 0 Å². The van der Waals surface area contributed by atoms with Crippen molar-refractivity contribution >= 4 is 23.9 Å². The minimum absolute atomic E-state index is 0.0341. The average Bonchev–Trinajstić information content (AvgIpc) is 2.71. The summed E-state index contributed by atoms with van der Waals surface area (Å²) in [6, 6.07) is 9.02. The number of carbonyl (C=O) groups is 4. The van der Waals surface area contributed by atoms with Gasteiger partial charge in [0.15, 0.2) is 24.4 Å². The summed E-state index contributed by atoms with van der Waals surface area (Å²) in [6.45, 7) is 10.8. The molecule has 0 fully saturated rings. The van der Waals surface area contributed by atoms with Crippen LogP contribution >= 0.6 is 0 Å². The van der Waals surface area contributed by atoms with Gasteiger partial charge in [-0.05, 0) is 54.0 Å². The van der Waals surface area contributed by atoms with Crippen molar-refractivity contribution in [2.45, 2.75) is 85.1 Å². The fourth-order valence-corrected chi connectivity index (χ4v) is 2.38. The summed E-state index contributed by atoms with van der Waals surface area (Å²) in [5.74, 6) is -3.36. The third kappa shape index (κ3) is 9.91. The second-order valence-electron chi connectivity index (χ2n) is 8.20. The zero-order chi connectivity index (χ0) is 24.5. The third-order valence-electron chi connectivity index (χ3n) is 3.96. The van der Waals surface area contributed by atoms with Crippen molar-refractivity contribution in [2.24, 2.45) is 0 Å². The van der Waals surface area contributed by atoms with Crippen LogP contribution in [0.25, 0.3) is 0 Å². The first-order valence-electron chi connectivity index (χ1n) is 10.3. The third-order valence-corrected chi connectivity index (χ3v) is 3.96. The molecular weight excluding hydrogens is 420 g/mol. The van der Waals surface area contributed by atoms with Gasteiger partial charge >= 0.3 is 23.9 Å². The molecule has 0 aromatic heterocycles. The molecule has 9 heteroatoms. The summed E-state index contributed by atoms with van der Waals surface area (Å²) >= 11 is 0. The molecule has 0 saturated heterocycles. The Labute approximate surface area is 188 Å². The van der Waals surface area contributed by atoms with Gasteiger partial charge in [-0.2, -0.15) is 0 Å². The fourth-order valence-electron chi connectivity index (χ4n) is 2.38. The second-order valence-corrected chi connectivity index (χ2v) is 8.20. The van der Waals surface area contributed by atoms with Gasteiger partial charge in [-0.25, -0.2) is 19.2 Å². The van der Waals surface area contributed by atoms with Crippen LogP contribution in [0.3, 0.4) is 0 Å². The van der Waals surface area contributed by atoms with Gasteiger partial charge < -0.3 is 23.7 Å². The van der Waals surface area contributed by atoms with Crippen molar-refractivity contribution in [3.63, 3.8) is 0 Å². The molecule has 0 aliphatic carbocycles. The summed E-state index contributed by atoms with van der Waals surface area (Å²) in [7, 11) is 0. The Bertz CT molecular complexity index is 782. The van der Waals surface area contributed by atoms with Crippen molar-refractivity contribution in [3.8, 4) is 0 Å². The van der Waals surface area contributed by atoms with Gasteiger partial charge in [-0.1, -0.05) is 30.3 Å². The average molecular weight is 453 g/mol. The molecule has 1 rings (SSSR count). The van der Waals surface area contributed by atoms with Crippen LogP contribution in [-0.2, 0) is 49.5 Å². The molecule has 178 valence electrons. The summed E-state index contributed by atoms with van der Waals surface area (Å²) in [6.07, 6.45) is -4.68. The first kappa shape index (κ1) is 27.1. The molecule has 32 heavy (non-hydrogen) atoms. The fraction of sp³-hybridized carbons (Fsp3) is 0.565. The highest BCUT2D eigenvalue weighted by molar-refractivity contribution is 5.85. The monoisotopic (exact) mass is 452 g/mol. The Morgan fingerprint density at radius 1 is 0.688 bits per heavy atom. The first-order chi connectivity index (χ1) is 14.8. The van der Waals surface area contributed by atoms with Gasteiger partial charge in [-0.15, -0.1) is 0 Å². The minimum atomic E-state index is -1.32. The molecule has 1 aromatic rings. The molecule has 0 heterocycles. The lowest BCUT2D eigenvalue weighted by molar-refractivity contribution is -0.186. The van der Waals surface area contributed by atoms with E-state index in [9.17, 15) is 19.2 Å². The molecule has 0 aliphatic rings. The highest BCUT2D eigenvalue weighted by Crippen LogP contribution is 2.13. The maximum Gasteiger partial charge on any atom is 0.347 e. The van der Waals surface area contributed by atoms with Crippen LogP contribution in [0.15, 0.2) is 30.3 Å². The lowest BCUT2D eigenvalue weighted by atomic mass is 10.2.